The van der Waals surface area contributed by atoms with Crippen LogP contribution in [0.2, 0.25) is 0 Å². The van der Waals surface area contributed by atoms with Crippen LogP contribution in [0.15, 0.2) is 34.9 Å². The van der Waals surface area contributed by atoms with Crippen molar-refractivity contribution in [2.24, 2.45) is 5.92 Å². The van der Waals surface area contributed by atoms with Gasteiger partial charge in [0.25, 0.3) is 0 Å². The molecule has 0 amide bonds. The summed E-state index contributed by atoms with van der Waals surface area (Å²) >= 11 is 3.45. The molecule has 6 nitrogen and oxygen atoms in total. The fourth-order valence-electron chi connectivity index (χ4n) is 2.83. The summed E-state index contributed by atoms with van der Waals surface area (Å²) in [6, 6.07) is 7.84. The Hall–Kier alpha value is -2.15. The van der Waals surface area contributed by atoms with Crippen molar-refractivity contribution in [3.8, 4) is 0 Å². The molecule has 2 aromatic rings. The molecule has 1 aromatic heterocycles. The van der Waals surface area contributed by atoms with E-state index in [2.05, 4.69) is 36.1 Å². The molecule has 7 heteroatoms. The molecule has 1 aromatic carbocycles. The molecular weight excluding hydrogens is 372 g/mol. The Morgan fingerprint density at radius 2 is 2.08 bits per heavy atom. The first kappa shape index (κ1) is 16.7. The summed E-state index contributed by atoms with van der Waals surface area (Å²) in [4.78, 5) is 22.0. The van der Waals surface area contributed by atoms with Gasteiger partial charge in [0, 0.05) is 29.4 Å². The van der Waals surface area contributed by atoms with Crippen molar-refractivity contribution < 1.29 is 9.90 Å². The van der Waals surface area contributed by atoms with Crippen molar-refractivity contribution in [2.45, 2.75) is 19.8 Å². The molecule has 2 heterocycles. The standard InChI is InChI=1S/C17H19BrN4O2/c1-11-10-13(18)2-3-14(11)20-17-19-7-4-15(21-17)22-8-5-12(6-9-22)16(23)24/h2-4,7,10,12H,5-6,8-9H2,1H3,(H,23,24)(H,19,20,21). The zero-order valence-electron chi connectivity index (χ0n) is 13.4. The third kappa shape index (κ3) is 3.84. The van der Waals surface area contributed by atoms with Crippen molar-refractivity contribution in [1.29, 1.82) is 0 Å². The first-order chi connectivity index (χ1) is 11.5. The Bertz CT molecular complexity index is 745. The lowest BCUT2D eigenvalue weighted by molar-refractivity contribution is -0.142. The van der Waals surface area contributed by atoms with Gasteiger partial charge in [-0.2, -0.15) is 4.98 Å². The van der Waals surface area contributed by atoms with Gasteiger partial charge in [-0.1, -0.05) is 15.9 Å². The van der Waals surface area contributed by atoms with Crippen LogP contribution in [0.25, 0.3) is 0 Å². The van der Waals surface area contributed by atoms with Gasteiger partial charge in [0.15, 0.2) is 0 Å². The molecule has 0 saturated carbocycles. The molecule has 1 fully saturated rings. The molecule has 24 heavy (non-hydrogen) atoms. The second kappa shape index (κ2) is 7.17. The third-order valence-corrected chi connectivity index (χ3v) is 4.74. The molecule has 1 aliphatic rings. The van der Waals surface area contributed by atoms with Crippen molar-refractivity contribution in [3.05, 3.63) is 40.5 Å². The number of anilines is 3. The second-order valence-electron chi connectivity index (χ2n) is 5.92. The topological polar surface area (TPSA) is 78.4 Å². The monoisotopic (exact) mass is 390 g/mol. The number of carbonyl (C=O) groups is 1. The van der Waals surface area contributed by atoms with Crippen LogP contribution in [0, 0.1) is 12.8 Å². The number of nitrogens with zero attached hydrogens (tertiary/aromatic N) is 3. The quantitative estimate of drug-likeness (QED) is 0.830. The number of hydrogen-bond acceptors (Lipinski definition) is 5. The molecule has 2 N–H and O–H groups in total. The lowest BCUT2D eigenvalue weighted by Crippen LogP contribution is -2.36. The zero-order chi connectivity index (χ0) is 17.1. The highest BCUT2D eigenvalue weighted by Gasteiger charge is 2.25. The highest BCUT2D eigenvalue weighted by Crippen LogP contribution is 2.25. The number of aliphatic carboxylic acids is 1. The van der Waals surface area contributed by atoms with Gasteiger partial charge in [0.1, 0.15) is 5.82 Å². The average molecular weight is 391 g/mol. The fraction of sp³-hybridized carbons (Fsp3) is 0.353. The highest BCUT2D eigenvalue weighted by molar-refractivity contribution is 9.10. The SMILES string of the molecule is Cc1cc(Br)ccc1Nc1nccc(N2CCC(C(=O)O)CC2)n1. The van der Waals surface area contributed by atoms with Gasteiger partial charge < -0.3 is 15.3 Å². The van der Waals surface area contributed by atoms with Crippen LogP contribution in [-0.2, 0) is 4.79 Å². The van der Waals surface area contributed by atoms with Gasteiger partial charge in [-0.25, -0.2) is 4.98 Å². The molecule has 0 aliphatic carbocycles. The number of halogens is 1. The van der Waals surface area contributed by atoms with Crippen LogP contribution in [0.3, 0.4) is 0 Å². The van der Waals surface area contributed by atoms with E-state index in [0.29, 0.717) is 31.9 Å². The molecule has 0 radical (unpaired) electrons. The summed E-state index contributed by atoms with van der Waals surface area (Å²) in [5.41, 5.74) is 2.06. The van der Waals surface area contributed by atoms with Gasteiger partial charge >= 0.3 is 5.97 Å². The predicted molar refractivity (Wildman–Crippen MR) is 96.8 cm³/mol. The van der Waals surface area contributed by atoms with Crippen LogP contribution < -0.4 is 10.2 Å². The van der Waals surface area contributed by atoms with Gasteiger partial charge in [0.05, 0.1) is 5.92 Å². The van der Waals surface area contributed by atoms with E-state index >= 15 is 0 Å². The minimum Gasteiger partial charge on any atom is -0.481 e. The van der Waals surface area contributed by atoms with Crippen LogP contribution in [0.4, 0.5) is 17.5 Å². The Morgan fingerprint density at radius 1 is 1.33 bits per heavy atom. The van der Waals surface area contributed by atoms with E-state index in [1.807, 2.05) is 31.2 Å². The van der Waals surface area contributed by atoms with Gasteiger partial charge in [0.2, 0.25) is 5.95 Å². The van der Waals surface area contributed by atoms with E-state index < -0.39 is 5.97 Å². The smallest absolute Gasteiger partial charge is 0.306 e. The zero-order valence-corrected chi connectivity index (χ0v) is 15.0. The maximum Gasteiger partial charge on any atom is 0.306 e. The van der Waals surface area contributed by atoms with Crippen molar-refractivity contribution in [2.75, 3.05) is 23.3 Å². The molecule has 0 unspecified atom stereocenters. The minimum absolute atomic E-state index is 0.244. The summed E-state index contributed by atoms with van der Waals surface area (Å²) in [5, 5.41) is 12.3. The predicted octanol–water partition coefficient (Wildman–Crippen LogP) is 3.59. The second-order valence-corrected chi connectivity index (χ2v) is 6.84. The largest absolute Gasteiger partial charge is 0.481 e. The summed E-state index contributed by atoms with van der Waals surface area (Å²) < 4.78 is 1.03. The van der Waals surface area contributed by atoms with E-state index in [1.165, 1.54) is 0 Å². The number of benzene rings is 1. The highest BCUT2D eigenvalue weighted by atomic mass is 79.9. The molecule has 0 bridgehead atoms. The van der Waals surface area contributed by atoms with E-state index in [9.17, 15) is 4.79 Å². The van der Waals surface area contributed by atoms with Crippen LogP contribution in [0.5, 0.6) is 0 Å². The number of nitrogens with one attached hydrogen (secondary N) is 1. The molecule has 1 saturated heterocycles. The number of aryl methyl sites for hydroxylation is 1. The maximum absolute atomic E-state index is 11.1. The van der Waals surface area contributed by atoms with Crippen molar-refractivity contribution in [3.63, 3.8) is 0 Å². The molecule has 0 spiro atoms. The number of aromatic nitrogens is 2. The van der Waals surface area contributed by atoms with Gasteiger partial charge in [-0.15, -0.1) is 0 Å². The van der Waals surface area contributed by atoms with Crippen LogP contribution >= 0.6 is 15.9 Å². The molecule has 1 aliphatic heterocycles. The molecular formula is C17H19BrN4O2. The van der Waals surface area contributed by atoms with Crippen molar-refractivity contribution >= 4 is 39.4 Å². The molecule has 126 valence electrons. The van der Waals surface area contributed by atoms with E-state index in [4.69, 9.17) is 5.11 Å². The van der Waals surface area contributed by atoms with E-state index in [-0.39, 0.29) is 5.92 Å². The Labute approximate surface area is 149 Å². The lowest BCUT2D eigenvalue weighted by Gasteiger charge is -2.31. The summed E-state index contributed by atoms with van der Waals surface area (Å²) in [7, 11) is 0. The molecule has 0 atom stereocenters. The van der Waals surface area contributed by atoms with E-state index in [1.54, 1.807) is 6.20 Å². The summed E-state index contributed by atoms with van der Waals surface area (Å²) in [5.74, 6) is 0.417. The number of piperidine rings is 1. The fourth-order valence-corrected chi connectivity index (χ4v) is 3.30. The average Bonchev–Trinajstić information content (AvgIpc) is 2.58. The van der Waals surface area contributed by atoms with Crippen molar-refractivity contribution in [1.82, 2.24) is 9.97 Å². The Kier molecular flexibility index (Phi) is 4.99. The lowest BCUT2D eigenvalue weighted by atomic mass is 9.97. The first-order valence-electron chi connectivity index (χ1n) is 7.87. The normalized spacial score (nSPS) is 15.3. The van der Waals surface area contributed by atoms with E-state index in [0.717, 1.165) is 21.5 Å². The van der Waals surface area contributed by atoms with Gasteiger partial charge in [-0.3, -0.25) is 4.79 Å². The summed E-state index contributed by atoms with van der Waals surface area (Å²) in [6.45, 7) is 3.42. The number of carboxylic acids is 1. The first-order valence-corrected chi connectivity index (χ1v) is 8.66. The van der Waals surface area contributed by atoms with Gasteiger partial charge in [-0.05, 0) is 49.6 Å². The maximum atomic E-state index is 11.1. The number of hydrogen-bond donors (Lipinski definition) is 2. The number of carboxylic acid groups (broad SMARTS) is 1. The minimum atomic E-state index is -0.703. The Balaban J connectivity index is 1.71. The van der Waals surface area contributed by atoms with Crippen LogP contribution in [0.1, 0.15) is 18.4 Å². The third-order valence-electron chi connectivity index (χ3n) is 4.24. The van der Waals surface area contributed by atoms with Crippen LogP contribution in [-0.4, -0.2) is 34.1 Å². The molecule has 3 rings (SSSR count). The summed E-state index contributed by atoms with van der Waals surface area (Å²) in [6.07, 6.45) is 3.02. The number of rotatable bonds is 4. The Morgan fingerprint density at radius 3 is 2.75 bits per heavy atom.